The van der Waals surface area contributed by atoms with Crippen LogP contribution in [0.25, 0.3) is 16.9 Å². The Morgan fingerprint density at radius 1 is 1.18 bits per heavy atom. The summed E-state index contributed by atoms with van der Waals surface area (Å²) in [6.45, 7) is 4.91. The second-order valence-electron chi connectivity index (χ2n) is 7.87. The first kappa shape index (κ1) is 18.9. The zero-order valence-corrected chi connectivity index (χ0v) is 16.2. The zero-order chi connectivity index (χ0) is 19.8. The Morgan fingerprint density at radius 3 is 2.68 bits per heavy atom. The van der Waals surface area contributed by atoms with Gasteiger partial charge in [-0.1, -0.05) is 6.92 Å². The average Bonchev–Trinajstić information content (AvgIpc) is 2.81. The minimum atomic E-state index is -0.700. The van der Waals surface area contributed by atoms with E-state index in [1.807, 2.05) is 29.7 Å². The topological polar surface area (TPSA) is 52.5 Å². The number of rotatable bonds is 3. The third kappa shape index (κ3) is 3.61. The highest BCUT2D eigenvalue weighted by atomic mass is 19.1. The quantitative estimate of drug-likeness (QED) is 0.651. The number of halogens is 2. The lowest BCUT2D eigenvalue weighted by Crippen LogP contribution is -2.17. The number of nitrogens with two attached hydrogens (primary N) is 1. The molecule has 28 heavy (non-hydrogen) atoms. The van der Waals surface area contributed by atoms with Crippen LogP contribution in [0.4, 0.5) is 14.5 Å². The Kier molecular flexibility index (Phi) is 5.06. The highest BCUT2D eigenvalue weighted by molar-refractivity contribution is 5.70. The van der Waals surface area contributed by atoms with Crippen molar-refractivity contribution in [1.29, 1.82) is 0 Å². The minimum absolute atomic E-state index is 0.00445. The molecule has 4 rings (SSSR count). The number of aryl methyl sites for hydroxylation is 1. The first-order chi connectivity index (χ1) is 13.4. The fourth-order valence-electron chi connectivity index (χ4n) is 3.92. The lowest BCUT2D eigenvalue weighted by molar-refractivity contribution is 0.0578. The average molecular weight is 385 g/mol. The Hall–Kier alpha value is -2.47. The number of benzene rings is 1. The van der Waals surface area contributed by atoms with Crippen LogP contribution in [0, 0.1) is 24.5 Å². The zero-order valence-electron chi connectivity index (χ0n) is 16.2. The maximum absolute atomic E-state index is 14.7. The molecule has 148 valence electrons. The number of hydrogen-bond donors (Lipinski definition) is 1. The lowest BCUT2D eigenvalue weighted by Gasteiger charge is -2.16. The van der Waals surface area contributed by atoms with Crippen molar-refractivity contribution in [3.05, 3.63) is 53.4 Å². The van der Waals surface area contributed by atoms with Gasteiger partial charge >= 0.3 is 0 Å². The van der Waals surface area contributed by atoms with Crippen molar-refractivity contribution in [2.45, 2.75) is 45.6 Å². The monoisotopic (exact) mass is 385 g/mol. The fraction of sp³-hybridized carbons (Fsp3) is 0.409. The molecule has 2 N–H and O–H groups in total. The van der Waals surface area contributed by atoms with E-state index in [0.717, 1.165) is 42.7 Å². The fourth-order valence-corrected chi connectivity index (χ4v) is 3.92. The Labute approximate surface area is 163 Å². The largest absolute Gasteiger partial charge is 0.399 e. The van der Waals surface area contributed by atoms with Gasteiger partial charge in [-0.3, -0.25) is 0 Å². The van der Waals surface area contributed by atoms with E-state index in [2.05, 4.69) is 11.9 Å². The number of imidazole rings is 1. The number of nitrogens with zero attached hydrogens (tertiary/aromatic N) is 2. The van der Waals surface area contributed by atoms with Crippen LogP contribution >= 0.6 is 0 Å². The summed E-state index contributed by atoms with van der Waals surface area (Å²) >= 11 is 0. The van der Waals surface area contributed by atoms with Crippen molar-refractivity contribution in [1.82, 2.24) is 9.38 Å². The van der Waals surface area contributed by atoms with E-state index in [-0.39, 0.29) is 17.4 Å². The number of nitrogen functional groups attached to an aromatic ring is 1. The van der Waals surface area contributed by atoms with Gasteiger partial charge in [0.05, 0.1) is 23.1 Å². The molecule has 0 radical (unpaired) electrons. The van der Waals surface area contributed by atoms with Crippen molar-refractivity contribution in [3.8, 4) is 11.3 Å². The summed E-state index contributed by atoms with van der Waals surface area (Å²) in [5.41, 5.74) is 8.30. The summed E-state index contributed by atoms with van der Waals surface area (Å²) in [5, 5.41) is 0. The Balaban J connectivity index is 1.83. The maximum Gasteiger partial charge on any atom is 0.137 e. The lowest BCUT2D eigenvalue weighted by atomic mass is 9.98. The van der Waals surface area contributed by atoms with Crippen LogP contribution in [0.3, 0.4) is 0 Å². The van der Waals surface area contributed by atoms with Gasteiger partial charge in [0.1, 0.15) is 17.3 Å². The van der Waals surface area contributed by atoms with Gasteiger partial charge in [0.2, 0.25) is 0 Å². The van der Waals surface area contributed by atoms with E-state index in [1.165, 1.54) is 0 Å². The number of anilines is 1. The van der Waals surface area contributed by atoms with Crippen molar-refractivity contribution in [2.24, 2.45) is 5.92 Å². The first-order valence-electron chi connectivity index (χ1n) is 9.76. The van der Waals surface area contributed by atoms with Crippen LogP contribution in [0.15, 0.2) is 30.5 Å². The predicted octanol–water partition coefficient (Wildman–Crippen LogP) is 4.92. The molecule has 1 fully saturated rings. The van der Waals surface area contributed by atoms with Crippen LogP contribution < -0.4 is 5.73 Å². The summed E-state index contributed by atoms with van der Waals surface area (Å²) in [5.74, 6) is -0.773. The van der Waals surface area contributed by atoms with E-state index in [4.69, 9.17) is 10.5 Å². The number of pyridine rings is 1. The molecule has 1 aliphatic rings. The molecule has 0 spiro atoms. The molecule has 6 heteroatoms. The molecule has 2 unspecified atom stereocenters. The SMILES string of the molecule is Cc1ccn2c(CC3CCC(C)CCO3)c(-c3c(F)cc(N)cc3F)nc2c1. The second kappa shape index (κ2) is 7.51. The summed E-state index contributed by atoms with van der Waals surface area (Å²) in [6, 6.07) is 6.16. The number of ether oxygens (including phenoxy) is 1. The van der Waals surface area contributed by atoms with E-state index in [1.54, 1.807) is 0 Å². The van der Waals surface area contributed by atoms with Gasteiger partial charge in [-0.15, -0.1) is 0 Å². The van der Waals surface area contributed by atoms with Gasteiger partial charge in [-0.2, -0.15) is 0 Å². The van der Waals surface area contributed by atoms with E-state index in [0.29, 0.717) is 30.3 Å². The van der Waals surface area contributed by atoms with E-state index < -0.39 is 11.6 Å². The molecule has 2 atom stereocenters. The maximum atomic E-state index is 14.7. The van der Waals surface area contributed by atoms with Crippen LogP contribution in [-0.4, -0.2) is 22.1 Å². The molecule has 0 amide bonds. The van der Waals surface area contributed by atoms with Gasteiger partial charge in [-0.05, 0) is 61.9 Å². The van der Waals surface area contributed by atoms with Gasteiger partial charge in [0.25, 0.3) is 0 Å². The summed E-state index contributed by atoms with van der Waals surface area (Å²) < 4.78 is 37.3. The standard InChI is InChI=1S/C22H25F2N3O/c1-13-3-4-16(28-8-6-13)12-19-22(21-17(23)10-15(25)11-18(21)24)26-20-9-14(2)5-7-27(19)20/h5,7,9-11,13,16H,3-4,6,8,12,25H2,1-2H3. The number of hydrogen-bond acceptors (Lipinski definition) is 3. The van der Waals surface area contributed by atoms with Crippen LogP contribution in [0.5, 0.6) is 0 Å². The molecule has 4 nitrogen and oxygen atoms in total. The summed E-state index contributed by atoms with van der Waals surface area (Å²) in [7, 11) is 0. The number of fused-ring (bicyclic) bond motifs is 1. The van der Waals surface area contributed by atoms with Gasteiger partial charge < -0.3 is 14.9 Å². The van der Waals surface area contributed by atoms with Crippen LogP contribution in [-0.2, 0) is 11.2 Å². The molecule has 0 bridgehead atoms. The Morgan fingerprint density at radius 2 is 1.93 bits per heavy atom. The Bertz CT molecular complexity index is 991. The van der Waals surface area contributed by atoms with Crippen LogP contribution in [0.1, 0.15) is 37.4 Å². The highest BCUT2D eigenvalue weighted by Gasteiger charge is 2.25. The molecule has 3 heterocycles. The predicted molar refractivity (Wildman–Crippen MR) is 106 cm³/mol. The molecule has 2 aromatic heterocycles. The summed E-state index contributed by atoms with van der Waals surface area (Å²) in [6.07, 6.45) is 5.51. The van der Waals surface area contributed by atoms with Gasteiger partial charge in [0, 0.05) is 24.9 Å². The van der Waals surface area contributed by atoms with Crippen molar-refractivity contribution < 1.29 is 13.5 Å². The highest BCUT2D eigenvalue weighted by Crippen LogP contribution is 2.33. The third-order valence-corrected chi connectivity index (χ3v) is 5.55. The smallest absolute Gasteiger partial charge is 0.137 e. The third-order valence-electron chi connectivity index (χ3n) is 5.55. The summed E-state index contributed by atoms with van der Waals surface area (Å²) in [4.78, 5) is 4.59. The first-order valence-corrected chi connectivity index (χ1v) is 9.76. The van der Waals surface area contributed by atoms with Crippen molar-refractivity contribution in [3.63, 3.8) is 0 Å². The van der Waals surface area contributed by atoms with Crippen LogP contribution in [0.2, 0.25) is 0 Å². The minimum Gasteiger partial charge on any atom is -0.399 e. The van der Waals surface area contributed by atoms with Gasteiger partial charge in [-0.25, -0.2) is 13.8 Å². The van der Waals surface area contributed by atoms with E-state index >= 15 is 0 Å². The number of aromatic nitrogens is 2. The molecule has 1 saturated heterocycles. The molecule has 1 aromatic carbocycles. The van der Waals surface area contributed by atoms with E-state index in [9.17, 15) is 8.78 Å². The molecule has 1 aliphatic heterocycles. The second-order valence-corrected chi connectivity index (χ2v) is 7.87. The molecule has 0 saturated carbocycles. The molecule has 0 aliphatic carbocycles. The molecular weight excluding hydrogens is 360 g/mol. The molecular formula is C22H25F2N3O. The van der Waals surface area contributed by atoms with Crippen molar-refractivity contribution in [2.75, 3.05) is 12.3 Å². The normalized spacial score (nSPS) is 20.4. The van der Waals surface area contributed by atoms with Gasteiger partial charge in [0.15, 0.2) is 0 Å². The van der Waals surface area contributed by atoms with Crippen molar-refractivity contribution >= 4 is 11.3 Å². The molecule has 3 aromatic rings.